The van der Waals surface area contributed by atoms with Crippen LogP contribution in [0.25, 0.3) is 0 Å². The Balaban J connectivity index is 2.22. The summed E-state index contributed by atoms with van der Waals surface area (Å²) < 4.78 is 5.80. The van der Waals surface area contributed by atoms with Gasteiger partial charge in [0.25, 0.3) is 5.91 Å². The number of halogens is 1. The van der Waals surface area contributed by atoms with E-state index in [0.717, 1.165) is 16.7 Å². The highest BCUT2D eigenvalue weighted by atomic mass is 35.5. The zero-order valence-electron chi connectivity index (χ0n) is 18.4. The van der Waals surface area contributed by atoms with E-state index in [2.05, 4.69) is 5.32 Å². The van der Waals surface area contributed by atoms with E-state index in [1.807, 2.05) is 65.0 Å². The lowest BCUT2D eigenvalue weighted by Gasteiger charge is -2.31. The van der Waals surface area contributed by atoms with Crippen molar-refractivity contribution in [1.82, 2.24) is 10.2 Å². The molecule has 0 aromatic heterocycles. The minimum atomic E-state index is -0.585. The monoisotopic (exact) mass is 430 g/mol. The number of nitrogens with zero attached hydrogens (tertiary/aromatic N) is 1. The van der Waals surface area contributed by atoms with Gasteiger partial charge in [-0.05, 0) is 63.4 Å². The zero-order valence-corrected chi connectivity index (χ0v) is 19.1. The Morgan fingerprint density at radius 2 is 1.77 bits per heavy atom. The molecule has 1 unspecified atom stereocenters. The number of carbonyl (C=O) groups excluding carboxylic acids is 2. The van der Waals surface area contributed by atoms with Crippen LogP contribution in [0.2, 0.25) is 5.02 Å². The van der Waals surface area contributed by atoms with Gasteiger partial charge in [-0.3, -0.25) is 9.59 Å². The van der Waals surface area contributed by atoms with Gasteiger partial charge in [-0.1, -0.05) is 48.4 Å². The molecular weight excluding hydrogens is 400 g/mol. The normalized spacial score (nSPS) is 11.8. The zero-order chi connectivity index (χ0) is 22.3. The second-order valence-electron chi connectivity index (χ2n) is 7.79. The minimum absolute atomic E-state index is 0.00880. The maximum absolute atomic E-state index is 13.2. The molecule has 0 aliphatic heterocycles. The Labute approximate surface area is 184 Å². The number of aryl methyl sites for hydroxylation is 2. The predicted octanol–water partition coefficient (Wildman–Crippen LogP) is 4.67. The summed E-state index contributed by atoms with van der Waals surface area (Å²) in [5.41, 5.74) is 3.00. The van der Waals surface area contributed by atoms with Gasteiger partial charge in [0.05, 0.1) is 0 Å². The van der Waals surface area contributed by atoms with Crippen molar-refractivity contribution < 1.29 is 14.3 Å². The van der Waals surface area contributed by atoms with Crippen molar-refractivity contribution in [3.63, 3.8) is 0 Å². The van der Waals surface area contributed by atoms with Gasteiger partial charge in [0.15, 0.2) is 6.61 Å². The summed E-state index contributed by atoms with van der Waals surface area (Å²) >= 11 is 5.99. The standard InChI is InChI=1S/C24H31ClN2O3/c1-6-21(24(29)26-16(2)3)27(14-19-8-10-20(25)11-9-19)23(28)15-30-22-12-7-17(4)13-18(22)5/h7-13,16,21H,6,14-15H2,1-5H3,(H,26,29). The summed E-state index contributed by atoms with van der Waals surface area (Å²) in [5, 5.41) is 3.54. The molecule has 2 amide bonds. The Kier molecular flexibility index (Phi) is 8.72. The third-order valence-electron chi connectivity index (χ3n) is 4.76. The van der Waals surface area contributed by atoms with Crippen molar-refractivity contribution in [2.24, 2.45) is 0 Å². The van der Waals surface area contributed by atoms with Crippen molar-refractivity contribution in [3.8, 4) is 5.75 Å². The lowest BCUT2D eigenvalue weighted by Crippen LogP contribution is -2.51. The van der Waals surface area contributed by atoms with Crippen molar-refractivity contribution in [1.29, 1.82) is 0 Å². The lowest BCUT2D eigenvalue weighted by atomic mass is 10.1. The van der Waals surface area contributed by atoms with E-state index < -0.39 is 6.04 Å². The number of rotatable bonds is 9. The molecule has 0 fully saturated rings. The Hall–Kier alpha value is -2.53. The number of benzene rings is 2. The third kappa shape index (κ3) is 6.77. The number of amides is 2. The van der Waals surface area contributed by atoms with Crippen LogP contribution in [0.3, 0.4) is 0 Å². The van der Waals surface area contributed by atoms with E-state index in [4.69, 9.17) is 16.3 Å². The molecule has 162 valence electrons. The van der Waals surface area contributed by atoms with E-state index in [1.54, 1.807) is 17.0 Å². The molecule has 2 aromatic rings. The molecular formula is C24H31ClN2O3. The minimum Gasteiger partial charge on any atom is -0.483 e. The fourth-order valence-electron chi connectivity index (χ4n) is 3.27. The van der Waals surface area contributed by atoms with Gasteiger partial charge in [0.2, 0.25) is 5.91 Å². The van der Waals surface area contributed by atoms with Crippen LogP contribution >= 0.6 is 11.6 Å². The first-order valence-corrected chi connectivity index (χ1v) is 10.6. The van der Waals surface area contributed by atoms with Crippen LogP contribution < -0.4 is 10.1 Å². The highest BCUT2D eigenvalue weighted by Crippen LogP contribution is 2.20. The summed E-state index contributed by atoms with van der Waals surface area (Å²) in [6.45, 7) is 9.83. The number of nitrogens with one attached hydrogen (secondary N) is 1. The molecule has 5 nitrogen and oxygen atoms in total. The summed E-state index contributed by atoms with van der Waals surface area (Å²) in [6.07, 6.45) is 0.501. The van der Waals surface area contributed by atoms with Crippen molar-refractivity contribution in [3.05, 3.63) is 64.2 Å². The van der Waals surface area contributed by atoms with Crippen LogP contribution in [0.4, 0.5) is 0 Å². The largest absolute Gasteiger partial charge is 0.483 e. The van der Waals surface area contributed by atoms with E-state index in [9.17, 15) is 9.59 Å². The lowest BCUT2D eigenvalue weighted by molar-refractivity contribution is -0.143. The molecule has 1 atom stereocenters. The molecule has 6 heteroatoms. The van der Waals surface area contributed by atoms with Gasteiger partial charge >= 0.3 is 0 Å². The van der Waals surface area contributed by atoms with Crippen molar-refractivity contribution in [2.45, 2.75) is 59.7 Å². The molecule has 30 heavy (non-hydrogen) atoms. The molecule has 1 N–H and O–H groups in total. The average molecular weight is 431 g/mol. The Bertz CT molecular complexity index is 865. The number of ether oxygens (including phenoxy) is 1. The maximum Gasteiger partial charge on any atom is 0.261 e. The maximum atomic E-state index is 13.2. The topological polar surface area (TPSA) is 58.6 Å². The van der Waals surface area contributed by atoms with E-state index in [-0.39, 0.29) is 24.5 Å². The molecule has 0 aliphatic rings. The second-order valence-corrected chi connectivity index (χ2v) is 8.23. The number of carbonyl (C=O) groups is 2. The second kappa shape index (κ2) is 11.0. The van der Waals surface area contributed by atoms with Gasteiger partial charge in [-0.25, -0.2) is 0 Å². The van der Waals surface area contributed by atoms with Crippen LogP contribution in [0.15, 0.2) is 42.5 Å². The predicted molar refractivity (Wildman–Crippen MR) is 121 cm³/mol. The highest BCUT2D eigenvalue weighted by molar-refractivity contribution is 6.30. The Morgan fingerprint density at radius 1 is 1.10 bits per heavy atom. The molecule has 0 saturated heterocycles. The van der Waals surface area contributed by atoms with E-state index >= 15 is 0 Å². The van der Waals surface area contributed by atoms with E-state index in [1.165, 1.54) is 0 Å². The molecule has 0 bridgehead atoms. The Morgan fingerprint density at radius 3 is 2.33 bits per heavy atom. The van der Waals surface area contributed by atoms with E-state index in [0.29, 0.717) is 23.7 Å². The van der Waals surface area contributed by atoms with Crippen LogP contribution in [0.1, 0.15) is 43.9 Å². The van der Waals surface area contributed by atoms with Crippen molar-refractivity contribution in [2.75, 3.05) is 6.61 Å². The number of hydrogen-bond donors (Lipinski definition) is 1. The van der Waals surface area contributed by atoms with Gasteiger partial charge < -0.3 is 15.0 Å². The first kappa shape index (κ1) is 23.7. The highest BCUT2D eigenvalue weighted by Gasteiger charge is 2.29. The van der Waals surface area contributed by atoms with Gasteiger partial charge in [0.1, 0.15) is 11.8 Å². The van der Waals surface area contributed by atoms with Crippen LogP contribution in [-0.2, 0) is 16.1 Å². The molecule has 0 saturated carbocycles. The molecule has 2 rings (SSSR count). The van der Waals surface area contributed by atoms with Gasteiger partial charge in [0, 0.05) is 17.6 Å². The summed E-state index contributed by atoms with van der Waals surface area (Å²) in [7, 11) is 0. The smallest absolute Gasteiger partial charge is 0.261 e. The molecule has 0 aliphatic carbocycles. The van der Waals surface area contributed by atoms with Crippen LogP contribution in [0, 0.1) is 13.8 Å². The fourth-order valence-corrected chi connectivity index (χ4v) is 3.40. The van der Waals surface area contributed by atoms with Crippen LogP contribution in [0.5, 0.6) is 5.75 Å². The summed E-state index contributed by atoms with van der Waals surface area (Å²) in [5.74, 6) is 0.261. The third-order valence-corrected chi connectivity index (χ3v) is 5.02. The van der Waals surface area contributed by atoms with Gasteiger partial charge in [-0.15, -0.1) is 0 Å². The summed E-state index contributed by atoms with van der Waals surface area (Å²) in [6, 6.07) is 12.5. The summed E-state index contributed by atoms with van der Waals surface area (Å²) in [4.78, 5) is 27.5. The molecule has 0 spiro atoms. The molecule has 0 radical (unpaired) electrons. The SMILES string of the molecule is CCC(C(=O)NC(C)C)N(Cc1ccc(Cl)cc1)C(=O)COc1ccc(C)cc1C. The van der Waals surface area contributed by atoms with Crippen LogP contribution in [-0.4, -0.2) is 35.4 Å². The fraction of sp³-hybridized carbons (Fsp3) is 0.417. The first-order valence-electron chi connectivity index (χ1n) is 10.3. The molecule has 2 aromatic carbocycles. The van der Waals surface area contributed by atoms with Gasteiger partial charge in [-0.2, -0.15) is 0 Å². The molecule has 0 heterocycles. The quantitative estimate of drug-likeness (QED) is 0.629. The van der Waals surface area contributed by atoms with Crippen molar-refractivity contribution >= 4 is 23.4 Å². The average Bonchev–Trinajstić information content (AvgIpc) is 2.68. The number of hydrogen-bond acceptors (Lipinski definition) is 3. The first-order chi connectivity index (χ1) is 14.2.